The standard InChI is InChI=1S/C22H23F2N3O5S/c23-18-6-4-16(13-19(18)24)25-21(28)14-27-20-7-5-17(12-15(20)2-1-3-22(27)29)33(30,31)26-8-10-32-11-9-26/h4-7,12-13H,1-3,8-11,14H2,(H,25,28). The lowest BCUT2D eigenvalue weighted by Crippen LogP contribution is -2.40. The number of amides is 2. The van der Waals surface area contributed by atoms with Gasteiger partial charge in [0.05, 0.1) is 18.1 Å². The van der Waals surface area contributed by atoms with Crippen LogP contribution in [0.2, 0.25) is 0 Å². The number of rotatable bonds is 5. The second-order valence-electron chi connectivity index (χ2n) is 7.82. The fraction of sp³-hybridized carbons (Fsp3) is 0.364. The smallest absolute Gasteiger partial charge is 0.244 e. The zero-order valence-corrected chi connectivity index (χ0v) is 18.5. The Labute approximate surface area is 190 Å². The summed E-state index contributed by atoms with van der Waals surface area (Å²) in [4.78, 5) is 26.7. The lowest BCUT2D eigenvalue weighted by molar-refractivity contribution is -0.121. The third-order valence-electron chi connectivity index (χ3n) is 5.59. The maximum absolute atomic E-state index is 13.4. The van der Waals surface area contributed by atoms with Crippen LogP contribution < -0.4 is 10.2 Å². The van der Waals surface area contributed by atoms with Gasteiger partial charge in [0.15, 0.2) is 11.6 Å². The quantitative estimate of drug-likeness (QED) is 0.710. The number of carbonyl (C=O) groups is 2. The number of morpholine rings is 1. The van der Waals surface area contributed by atoms with Crippen molar-refractivity contribution in [3.63, 3.8) is 0 Å². The van der Waals surface area contributed by atoms with Gasteiger partial charge in [-0.15, -0.1) is 0 Å². The van der Waals surface area contributed by atoms with Gasteiger partial charge in [-0.2, -0.15) is 4.31 Å². The number of carbonyl (C=O) groups excluding carboxylic acids is 2. The van der Waals surface area contributed by atoms with E-state index in [1.165, 1.54) is 27.4 Å². The van der Waals surface area contributed by atoms with Crippen LogP contribution in [0.15, 0.2) is 41.3 Å². The highest BCUT2D eigenvalue weighted by Crippen LogP contribution is 2.30. The van der Waals surface area contributed by atoms with Gasteiger partial charge in [-0.3, -0.25) is 9.59 Å². The highest BCUT2D eigenvalue weighted by Gasteiger charge is 2.29. The van der Waals surface area contributed by atoms with E-state index < -0.39 is 27.6 Å². The van der Waals surface area contributed by atoms with E-state index >= 15 is 0 Å². The van der Waals surface area contributed by atoms with E-state index in [2.05, 4.69) is 5.32 Å². The van der Waals surface area contributed by atoms with Crippen molar-refractivity contribution in [3.05, 3.63) is 53.6 Å². The highest BCUT2D eigenvalue weighted by atomic mass is 32.2. The third-order valence-corrected chi connectivity index (χ3v) is 7.49. The normalized spacial score (nSPS) is 17.4. The Morgan fingerprint density at radius 1 is 1.03 bits per heavy atom. The van der Waals surface area contributed by atoms with Gasteiger partial charge in [0, 0.05) is 37.0 Å². The minimum Gasteiger partial charge on any atom is -0.379 e. The van der Waals surface area contributed by atoms with Crippen LogP contribution in [-0.2, 0) is 30.8 Å². The van der Waals surface area contributed by atoms with Crippen molar-refractivity contribution in [2.45, 2.75) is 24.2 Å². The molecular weight excluding hydrogens is 456 g/mol. The maximum Gasteiger partial charge on any atom is 0.244 e. The molecule has 33 heavy (non-hydrogen) atoms. The fourth-order valence-corrected chi connectivity index (χ4v) is 5.37. The molecular formula is C22H23F2N3O5S. The highest BCUT2D eigenvalue weighted by molar-refractivity contribution is 7.89. The predicted molar refractivity (Wildman–Crippen MR) is 116 cm³/mol. The molecule has 2 heterocycles. The number of sulfonamides is 1. The van der Waals surface area contributed by atoms with Gasteiger partial charge in [-0.05, 0) is 48.7 Å². The molecule has 2 aromatic rings. The summed E-state index contributed by atoms with van der Waals surface area (Å²) in [6, 6.07) is 7.50. The lowest BCUT2D eigenvalue weighted by atomic mass is 10.1. The van der Waals surface area contributed by atoms with Crippen LogP contribution in [0, 0.1) is 11.6 Å². The number of hydrogen-bond acceptors (Lipinski definition) is 5. The van der Waals surface area contributed by atoms with Gasteiger partial charge in [0.2, 0.25) is 21.8 Å². The van der Waals surface area contributed by atoms with E-state index in [0.29, 0.717) is 37.3 Å². The number of halogens is 2. The second kappa shape index (κ2) is 9.54. The van der Waals surface area contributed by atoms with Crippen molar-refractivity contribution >= 4 is 33.2 Å². The van der Waals surface area contributed by atoms with E-state index in [4.69, 9.17) is 4.74 Å². The molecule has 2 amide bonds. The van der Waals surface area contributed by atoms with Crippen molar-refractivity contribution in [2.24, 2.45) is 0 Å². The van der Waals surface area contributed by atoms with Gasteiger partial charge in [-0.1, -0.05) is 0 Å². The number of fused-ring (bicyclic) bond motifs is 1. The first-order valence-electron chi connectivity index (χ1n) is 10.5. The van der Waals surface area contributed by atoms with Gasteiger partial charge >= 0.3 is 0 Å². The Bertz CT molecular complexity index is 1180. The van der Waals surface area contributed by atoms with Crippen molar-refractivity contribution in [2.75, 3.05) is 43.1 Å². The van der Waals surface area contributed by atoms with Gasteiger partial charge in [0.25, 0.3) is 0 Å². The van der Waals surface area contributed by atoms with Crippen LogP contribution in [-0.4, -0.2) is 57.4 Å². The lowest BCUT2D eigenvalue weighted by Gasteiger charge is -2.27. The maximum atomic E-state index is 13.4. The van der Waals surface area contributed by atoms with Crippen molar-refractivity contribution in [1.29, 1.82) is 0 Å². The molecule has 0 radical (unpaired) electrons. The van der Waals surface area contributed by atoms with E-state index in [1.54, 1.807) is 6.07 Å². The predicted octanol–water partition coefficient (Wildman–Crippen LogP) is 2.29. The molecule has 1 saturated heterocycles. The summed E-state index contributed by atoms with van der Waals surface area (Å²) in [5, 5.41) is 2.45. The molecule has 0 bridgehead atoms. The minimum absolute atomic E-state index is 0.0633. The van der Waals surface area contributed by atoms with Crippen LogP contribution in [0.25, 0.3) is 0 Å². The molecule has 176 valence electrons. The zero-order valence-electron chi connectivity index (χ0n) is 17.7. The van der Waals surface area contributed by atoms with E-state index in [9.17, 15) is 26.8 Å². The summed E-state index contributed by atoms with van der Waals surface area (Å²) in [5.74, 6) is -3.00. The second-order valence-corrected chi connectivity index (χ2v) is 9.76. The molecule has 0 spiro atoms. The molecule has 4 rings (SSSR count). The molecule has 0 aromatic heterocycles. The van der Waals surface area contributed by atoms with Gasteiger partial charge in [-0.25, -0.2) is 17.2 Å². The Kier molecular flexibility index (Phi) is 6.73. The number of ether oxygens (including phenoxy) is 1. The average Bonchev–Trinajstić information content (AvgIpc) is 2.95. The Morgan fingerprint density at radius 3 is 2.52 bits per heavy atom. The van der Waals surface area contributed by atoms with Crippen molar-refractivity contribution in [3.8, 4) is 0 Å². The summed E-state index contributed by atoms with van der Waals surface area (Å²) in [5.41, 5.74) is 1.17. The molecule has 8 nitrogen and oxygen atoms in total. The number of nitrogens with zero attached hydrogens (tertiary/aromatic N) is 2. The van der Waals surface area contributed by atoms with E-state index in [0.717, 1.165) is 12.1 Å². The summed E-state index contributed by atoms with van der Waals surface area (Å²) >= 11 is 0. The topological polar surface area (TPSA) is 96.0 Å². The first-order chi connectivity index (χ1) is 15.8. The first kappa shape index (κ1) is 23.3. The molecule has 0 atom stereocenters. The van der Waals surface area contributed by atoms with Crippen LogP contribution in [0.4, 0.5) is 20.2 Å². The Morgan fingerprint density at radius 2 is 1.79 bits per heavy atom. The molecule has 0 saturated carbocycles. The SMILES string of the molecule is O=C(CN1C(=O)CCCc2cc(S(=O)(=O)N3CCOCC3)ccc21)Nc1ccc(F)c(F)c1. The van der Waals surface area contributed by atoms with Crippen LogP contribution >= 0.6 is 0 Å². The van der Waals surface area contributed by atoms with Gasteiger partial charge in [0.1, 0.15) is 6.54 Å². The van der Waals surface area contributed by atoms with Crippen LogP contribution in [0.1, 0.15) is 18.4 Å². The largest absolute Gasteiger partial charge is 0.379 e. The summed E-state index contributed by atoms with van der Waals surface area (Å²) < 4.78 is 59.1. The van der Waals surface area contributed by atoms with E-state index in [1.807, 2.05) is 0 Å². The molecule has 0 aliphatic carbocycles. The first-order valence-corrected chi connectivity index (χ1v) is 12.0. The zero-order chi connectivity index (χ0) is 23.6. The van der Waals surface area contributed by atoms with Crippen LogP contribution in [0.5, 0.6) is 0 Å². The monoisotopic (exact) mass is 479 g/mol. The molecule has 2 aromatic carbocycles. The van der Waals surface area contributed by atoms with Crippen molar-refractivity contribution in [1.82, 2.24) is 4.31 Å². The van der Waals surface area contributed by atoms with Crippen molar-refractivity contribution < 1.29 is 31.5 Å². The Balaban J connectivity index is 1.57. The molecule has 2 aliphatic heterocycles. The summed E-state index contributed by atoms with van der Waals surface area (Å²) in [7, 11) is -3.71. The molecule has 2 aliphatic rings. The third kappa shape index (κ3) is 5.05. The fourth-order valence-electron chi connectivity index (χ4n) is 3.91. The summed E-state index contributed by atoms with van der Waals surface area (Å²) in [6.07, 6.45) is 1.18. The number of anilines is 2. The summed E-state index contributed by atoms with van der Waals surface area (Å²) in [6.45, 7) is 0.863. The number of nitrogens with one attached hydrogen (secondary N) is 1. The molecule has 11 heteroatoms. The number of benzene rings is 2. The van der Waals surface area contributed by atoms with Crippen LogP contribution in [0.3, 0.4) is 0 Å². The van der Waals surface area contributed by atoms with Gasteiger partial charge < -0.3 is 15.0 Å². The average molecular weight is 480 g/mol. The van der Waals surface area contributed by atoms with E-state index in [-0.39, 0.29) is 42.5 Å². The molecule has 1 N–H and O–H groups in total. The number of hydrogen-bond donors (Lipinski definition) is 1. The molecule has 1 fully saturated rings. The Hall–Kier alpha value is -2.89. The number of aryl methyl sites for hydroxylation is 1. The minimum atomic E-state index is -3.71. The molecule has 0 unspecified atom stereocenters.